The molecule has 0 heterocycles. The minimum Gasteiger partial charge on any atom is -0.577 e. The van der Waals surface area contributed by atoms with Crippen LogP contribution < -0.4 is 72.6 Å². The fraction of sp³-hybridized carbons (Fsp3) is 0. The molecule has 0 bridgehead atoms. The maximum atomic E-state index is 6.39. The Balaban J connectivity index is 0.00000256. The Kier molecular flexibility index (Phi) is 9.01. The third-order valence-corrected chi connectivity index (χ3v) is 14.5. The average molecular weight is 488 g/mol. The summed E-state index contributed by atoms with van der Waals surface area (Å²) in [7, 11) is 0. The average Bonchev–Trinajstić information content (AvgIpc) is 2.81. The quantitative estimate of drug-likeness (QED) is 0.307. The standard InChI is InChI=1S/C24H20NP2S2.K/c28-26(21-13-5-1-6-14-21,22-15-7-2-8-16-22)25-27(29,23-17-9-3-10-18-23)24-19-11-4-12-20-24;/h1-20H;/q-1;+1. The van der Waals surface area contributed by atoms with Gasteiger partial charge in [-0.05, 0) is 21.2 Å². The second-order valence-electron chi connectivity index (χ2n) is 6.58. The Morgan fingerprint density at radius 3 is 0.800 bits per heavy atom. The summed E-state index contributed by atoms with van der Waals surface area (Å²) < 4.78 is 0. The van der Waals surface area contributed by atoms with E-state index in [1.807, 2.05) is 72.8 Å². The van der Waals surface area contributed by atoms with Crippen molar-refractivity contribution in [3.8, 4) is 0 Å². The molecule has 1 nitrogen and oxygen atoms in total. The molecule has 4 rings (SSSR count). The van der Waals surface area contributed by atoms with Gasteiger partial charge in [0.15, 0.2) is 0 Å². The molecule has 0 saturated heterocycles. The second-order valence-corrected chi connectivity index (χ2v) is 14.8. The van der Waals surface area contributed by atoms with Gasteiger partial charge in [0.1, 0.15) is 0 Å². The van der Waals surface area contributed by atoms with Crippen LogP contribution in [0.1, 0.15) is 0 Å². The Morgan fingerprint density at radius 1 is 0.400 bits per heavy atom. The van der Waals surface area contributed by atoms with Gasteiger partial charge in [-0.1, -0.05) is 134 Å². The van der Waals surface area contributed by atoms with Gasteiger partial charge in [0.05, 0.1) is 0 Å². The minimum absolute atomic E-state index is 0. The molecule has 4 aromatic carbocycles. The van der Waals surface area contributed by atoms with Gasteiger partial charge < -0.3 is 4.86 Å². The number of nitrogens with zero attached hydrogens (tertiary/aromatic N) is 1. The van der Waals surface area contributed by atoms with Crippen molar-refractivity contribution >= 4 is 57.2 Å². The Hall–Kier alpha value is -0.224. The smallest absolute Gasteiger partial charge is 0.577 e. The van der Waals surface area contributed by atoms with Crippen LogP contribution in [0.4, 0.5) is 0 Å². The summed E-state index contributed by atoms with van der Waals surface area (Å²) in [6, 6.07) is 41.0. The van der Waals surface area contributed by atoms with Gasteiger partial charge in [-0.3, -0.25) is 0 Å². The molecule has 0 aliphatic carbocycles. The SMILES string of the molecule is S=P([N-]P(=S)(c1ccccc1)c1ccccc1)(c1ccccc1)c1ccccc1.[K+]. The topological polar surface area (TPSA) is 14.1 Å². The molecule has 0 saturated carbocycles. The monoisotopic (exact) mass is 487 g/mol. The molecule has 4 aromatic rings. The van der Waals surface area contributed by atoms with Crippen molar-refractivity contribution in [2.75, 3.05) is 0 Å². The summed E-state index contributed by atoms with van der Waals surface area (Å²) in [6.45, 7) is 0. The molecule has 6 heteroatoms. The summed E-state index contributed by atoms with van der Waals surface area (Å²) in [5, 5.41) is 4.29. The van der Waals surface area contributed by atoms with Crippen LogP contribution in [0.15, 0.2) is 121 Å². The largest absolute Gasteiger partial charge is 1.00 e. The van der Waals surface area contributed by atoms with Gasteiger partial charge in [0, 0.05) is 0 Å². The molecule has 0 unspecified atom stereocenters. The van der Waals surface area contributed by atoms with E-state index in [9.17, 15) is 0 Å². The van der Waals surface area contributed by atoms with Crippen LogP contribution in [-0.4, -0.2) is 0 Å². The first-order chi connectivity index (χ1) is 14.1. The van der Waals surface area contributed by atoms with E-state index in [-0.39, 0.29) is 51.4 Å². The maximum absolute atomic E-state index is 6.39. The summed E-state index contributed by atoms with van der Waals surface area (Å²) in [4.78, 5) is 5.47. The predicted octanol–water partition coefficient (Wildman–Crippen LogP) is 2.46. The van der Waals surface area contributed by atoms with E-state index in [2.05, 4.69) is 48.5 Å². The minimum atomic E-state index is -2.47. The fourth-order valence-electron chi connectivity index (χ4n) is 3.20. The van der Waals surface area contributed by atoms with Gasteiger partial charge in [-0.15, -0.1) is 23.6 Å². The van der Waals surface area contributed by atoms with E-state index in [0.29, 0.717) is 0 Å². The van der Waals surface area contributed by atoms with E-state index in [0.717, 1.165) is 21.2 Å². The molecule has 0 atom stereocenters. The van der Waals surface area contributed by atoms with Crippen molar-refractivity contribution in [1.82, 2.24) is 0 Å². The second kappa shape index (κ2) is 11.1. The van der Waals surface area contributed by atoms with E-state index >= 15 is 0 Å². The van der Waals surface area contributed by atoms with Gasteiger partial charge in [0.25, 0.3) is 0 Å². The van der Waals surface area contributed by atoms with Crippen molar-refractivity contribution in [2.24, 2.45) is 0 Å². The van der Waals surface area contributed by atoms with E-state index in [1.54, 1.807) is 0 Å². The van der Waals surface area contributed by atoms with Gasteiger partial charge in [-0.25, -0.2) is 0 Å². The number of hydrogen-bond acceptors (Lipinski definition) is 2. The molecule has 0 spiro atoms. The zero-order valence-electron chi connectivity index (χ0n) is 16.7. The molecule has 0 N–H and O–H groups in total. The molecule has 0 fully saturated rings. The normalized spacial score (nSPS) is 11.5. The maximum Gasteiger partial charge on any atom is 1.00 e. The molecule has 0 radical (unpaired) electrons. The Labute approximate surface area is 231 Å². The van der Waals surface area contributed by atoms with Crippen molar-refractivity contribution in [2.45, 2.75) is 0 Å². The van der Waals surface area contributed by atoms with Crippen LogP contribution in [0, 0.1) is 0 Å². The van der Waals surface area contributed by atoms with E-state index in [4.69, 9.17) is 28.5 Å². The molecule has 0 aromatic heterocycles. The third kappa shape index (κ3) is 5.22. The number of hydrogen-bond donors (Lipinski definition) is 0. The summed E-state index contributed by atoms with van der Waals surface area (Å²) in [5.74, 6) is 0. The van der Waals surface area contributed by atoms with E-state index in [1.165, 1.54) is 0 Å². The van der Waals surface area contributed by atoms with Gasteiger partial charge >= 0.3 is 51.4 Å². The van der Waals surface area contributed by atoms with Crippen molar-refractivity contribution in [3.05, 3.63) is 126 Å². The molecule has 30 heavy (non-hydrogen) atoms. The first-order valence-electron chi connectivity index (χ1n) is 9.30. The van der Waals surface area contributed by atoms with Crippen LogP contribution in [0.2, 0.25) is 0 Å². The molecule has 144 valence electrons. The van der Waals surface area contributed by atoms with Crippen molar-refractivity contribution in [1.29, 1.82) is 0 Å². The third-order valence-electron chi connectivity index (χ3n) is 4.68. The summed E-state index contributed by atoms with van der Waals surface area (Å²) in [6.07, 6.45) is -4.95. The van der Waals surface area contributed by atoms with Crippen LogP contribution in [0.5, 0.6) is 0 Å². The zero-order valence-corrected chi connectivity index (χ0v) is 23.3. The van der Waals surface area contributed by atoms with Gasteiger partial charge in [0.2, 0.25) is 0 Å². The van der Waals surface area contributed by atoms with E-state index < -0.39 is 12.4 Å². The predicted molar refractivity (Wildman–Crippen MR) is 136 cm³/mol. The summed E-state index contributed by atoms with van der Waals surface area (Å²) in [5.41, 5.74) is 0. The number of benzene rings is 4. The van der Waals surface area contributed by atoms with Crippen LogP contribution in [0.3, 0.4) is 0 Å². The first-order valence-corrected chi connectivity index (χ1v) is 14.8. The molecule has 0 aliphatic rings. The van der Waals surface area contributed by atoms with Gasteiger partial charge in [-0.2, -0.15) is 0 Å². The Bertz CT molecular complexity index is 989. The number of rotatable bonds is 6. The van der Waals surface area contributed by atoms with Crippen LogP contribution in [-0.2, 0) is 23.6 Å². The molecule has 0 amide bonds. The molecular formula is C24H20KNP2S2. The molecule has 0 aliphatic heterocycles. The van der Waals surface area contributed by atoms with Crippen LogP contribution in [0.25, 0.3) is 4.86 Å². The zero-order chi connectivity index (χ0) is 20.2. The fourth-order valence-corrected chi connectivity index (χ4v) is 13.0. The molecular weight excluding hydrogens is 467 g/mol. The Morgan fingerprint density at radius 2 is 0.600 bits per heavy atom. The van der Waals surface area contributed by atoms with Crippen LogP contribution >= 0.6 is 12.4 Å². The van der Waals surface area contributed by atoms with Crippen molar-refractivity contribution in [3.63, 3.8) is 0 Å². The first kappa shape index (κ1) is 24.4. The van der Waals surface area contributed by atoms with Crippen molar-refractivity contribution < 1.29 is 51.4 Å². The summed E-state index contributed by atoms with van der Waals surface area (Å²) >= 11 is 12.8.